The zero-order chi connectivity index (χ0) is 11.7. The van der Waals surface area contributed by atoms with E-state index in [1.165, 1.54) is 64.5 Å². The molecule has 1 heterocycles. The SMILES string of the molecule is CN1CCCC2CCC(CNC3CCC3)CC21. The van der Waals surface area contributed by atoms with Crippen LogP contribution in [0.4, 0.5) is 0 Å². The van der Waals surface area contributed by atoms with Crippen LogP contribution in [0.2, 0.25) is 0 Å². The summed E-state index contributed by atoms with van der Waals surface area (Å²) < 4.78 is 0. The van der Waals surface area contributed by atoms with Gasteiger partial charge in [0.2, 0.25) is 0 Å². The minimum atomic E-state index is 0.872. The zero-order valence-corrected chi connectivity index (χ0v) is 11.3. The van der Waals surface area contributed by atoms with Crippen LogP contribution in [0, 0.1) is 11.8 Å². The summed E-state index contributed by atoms with van der Waals surface area (Å²) >= 11 is 0. The van der Waals surface area contributed by atoms with Gasteiger partial charge in [-0.2, -0.15) is 0 Å². The minimum absolute atomic E-state index is 0.872. The third kappa shape index (κ3) is 2.68. The second kappa shape index (κ2) is 5.27. The maximum absolute atomic E-state index is 3.78. The van der Waals surface area contributed by atoms with Crippen LogP contribution in [-0.4, -0.2) is 37.1 Å². The second-order valence-electron chi connectivity index (χ2n) is 6.67. The van der Waals surface area contributed by atoms with Gasteiger partial charge in [-0.3, -0.25) is 0 Å². The quantitative estimate of drug-likeness (QED) is 0.810. The molecule has 0 amide bonds. The van der Waals surface area contributed by atoms with Crippen LogP contribution < -0.4 is 5.32 Å². The fourth-order valence-electron chi connectivity index (χ4n) is 4.07. The highest BCUT2D eigenvalue weighted by Crippen LogP contribution is 2.37. The Morgan fingerprint density at radius 3 is 2.71 bits per heavy atom. The Labute approximate surface area is 106 Å². The number of rotatable bonds is 3. The van der Waals surface area contributed by atoms with Crippen LogP contribution in [0.15, 0.2) is 0 Å². The number of nitrogens with zero attached hydrogens (tertiary/aromatic N) is 1. The molecular formula is C15H28N2. The smallest absolute Gasteiger partial charge is 0.0124 e. The highest BCUT2D eigenvalue weighted by Gasteiger charge is 2.35. The molecule has 2 saturated carbocycles. The molecule has 2 nitrogen and oxygen atoms in total. The molecule has 1 N–H and O–H groups in total. The van der Waals surface area contributed by atoms with Gasteiger partial charge in [0.25, 0.3) is 0 Å². The van der Waals surface area contributed by atoms with E-state index < -0.39 is 0 Å². The molecule has 3 unspecified atom stereocenters. The van der Waals surface area contributed by atoms with Crippen LogP contribution in [0.25, 0.3) is 0 Å². The van der Waals surface area contributed by atoms with Crippen molar-refractivity contribution < 1.29 is 0 Å². The molecule has 3 aliphatic rings. The largest absolute Gasteiger partial charge is 0.314 e. The van der Waals surface area contributed by atoms with Crippen molar-refractivity contribution >= 4 is 0 Å². The molecule has 2 heteroatoms. The first-order valence-electron chi connectivity index (χ1n) is 7.76. The molecule has 1 aliphatic heterocycles. The van der Waals surface area contributed by atoms with Crippen molar-refractivity contribution in [3.05, 3.63) is 0 Å². The van der Waals surface area contributed by atoms with Gasteiger partial charge in [-0.1, -0.05) is 6.42 Å². The lowest BCUT2D eigenvalue weighted by molar-refractivity contribution is 0.0585. The summed E-state index contributed by atoms with van der Waals surface area (Å²) in [5.41, 5.74) is 0. The molecular weight excluding hydrogens is 208 g/mol. The Kier molecular flexibility index (Phi) is 3.72. The van der Waals surface area contributed by atoms with E-state index in [1.54, 1.807) is 0 Å². The van der Waals surface area contributed by atoms with Gasteiger partial charge in [-0.05, 0) is 76.9 Å². The second-order valence-corrected chi connectivity index (χ2v) is 6.67. The Morgan fingerprint density at radius 2 is 1.94 bits per heavy atom. The van der Waals surface area contributed by atoms with E-state index in [0.717, 1.165) is 23.9 Å². The molecule has 3 fully saturated rings. The van der Waals surface area contributed by atoms with Crippen molar-refractivity contribution in [2.75, 3.05) is 20.1 Å². The van der Waals surface area contributed by atoms with Crippen LogP contribution >= 0.6 is 0 Å². The average molecular weight is 236 g/mol. The normalized spacial score (nSPS) is 39.7. The van der Waals surface area contributed by atoms with Crippen molar-refractivity contribution in [2.45, 2.75) is 63.5 Å². The predicted octanol–water partition coefficient (Wildman–Crippen LogP) is 2.64. The Balaban J connectivity index is 1.47. The molecule has 3 atom stereocenters. The maximum atomic E-state index is 3.78. The number of likely N-dealkylation sites (tertiary alicyclic amines) is 1. The number of fused-ring (bicyclic) bond motifs is 1. The zero-order valence-electron chi connectivity index (χ0n) is 11.3. The average Bonchev–Trinajstić information content (AvgIpc) is 2.28. The summed E-state index contributed by atoms with van der Waals surface area (Å²) in [5.74, 6) is 1.98. The van der Waals surface area contributed by atoms with Crippen molar-refractivity contribution in [1.29, 1.82) is 0 Å². The van der Waals surface area contributed by atoms with Crippen molar-refractivity contribution in [3.8, 4) is 0 Å². The third-order valence-corrected chi connectivity index (χ3v) is 5.52. The van der Waals surface area contributed by atoms with E-state index in [9.17, 15) is 0 Å². The van der Waals surface area contributed by atoms with Crippen molar-refractivity contribution in [2.24, 2.45) is 11.8 Å². The van der Waals surface area contributed by atoms with E-state index in [4.69, 9.17) is 0 Å². The lowest BCUT2D eigenvalue weighted by Crippen LogP contribution is -2.48. The first kappa shape index (κ1) is 12.0. The molecule has 1 saturated heterocycles. The summed E-state index contributed by atoms with van der Waals surface area (Å²) in [5, 5.41) is 3.78. The molecule has 98 valence electrons. The van der Waals surface area contributed by atoms with Gasteiger partial charge in [0.05, 0.1) is 0 Å². The third-order valence-electron chi connectivity index (χ3n) is 5.52. The van der Waals surface area contributed by atoms with Crippen molar-refractivity contribution in [1.82, 2.24) is 10.2 Å². The summed E-state index contributed by atoms with van der Waals surface area (Å²) in [6.07, 6.45) is 11.7. The Bertz CT molecular complexity index is 249. The summed E-state index contributed by atoms with van der Waals surface area (Å²) in [4.78, 5) is 2.64. The molecule has 0 aromatic carbocycles. The molecule has 3 rings (SSSR count). The highest BCUT2D eigenvalue weighted by molar-refractivity contribution is 4.90. The topological polar surface area (TPSA) is 15.3 Å². The molecule has 0 bridgehead atoms. The van der Waals surface area contributed by atoms with E-state index in [-0.39, 0.29) is 0 Å². The first-order valence-corrected chi connectivity index (χ1v) is 7.76. The van der Waals surface area contributed by atoms with Gasteiger partial charge >= 0.3 is 0 Å². The number of nitrogens with one attached hydrogen (secondary N) is 1. The van der Waals surface area contributed by atoms with E-state index >= 15 is 0 Å². The standard InChI is InChI=1S/C15H28N2/c1-17-9-3-4-13-8-7-12(10-15(13)17)11-16-14-5-2-6-14/h12-16H,2-11H2,1H3. The van der Waals surface area contributed by atoms with Gasteiger partial charge in [0.15, 0.2) is 0 Å². The monoisotopic (exact) mass is 236 g/mol. The molecule has 0 spiro atoms. The predicted molar refractivity (Wildman–Crippen MR) is 72.1 cm³/mol. The molecule has 0 radical (unpaired) electrons. The Morgan fingerprint density at radius 1 is 1.06 bits per heavy atom. The molecule has 0 aromatic rings. The fourth-order valence-corrected chi connectivity index (χ4v) is 4.07. The van der Waals surface area contributed by atoms with E-state index in [1.807, 2.05) is 0 Å². The van der Waals surface area contributed by atoms with E-state index in [2.05, 4.69) is 17.3 Å². The van der Waals surface area contributed by atoms with Crippen LogP contribution in [0.5, 0.6) is 0 Å². The van der Waals surface area contributed by atoms with Crippen LogP contribution in [0.3, 0.4) is 0 Å². The van der Waals surface area contributed by atoms with Crippen LogP contribution in [0.1, 0.15) is 51.4 Å². The van der Waals surface area contributed by atoms with Crippen molar-refractivity contribution in [3.63, 3.8) is 0 Å². The van der Waals surface area contributed by atoms with Crippen LogP contribution in [-0.2, 0) is 0 Å². The summed E-state index contributed by atoms with van der Waals surface area (Å²) in [7, 11) is 2.35. The molecule has 2 aliphatic carbocycles. The first-order chi connectivity index (χ1) is 8.33. The van der Waals surface area contributed by atoms with Gasteiger partial charge in [-0.15, -0.1) is 0 Å². The van der Waals surface area contributed by atoms with Gasteiger partial charge in [0.1, 0.15) is 0 Å². The summed E-state index contributed by atoms with van der Waals surface area (Å²) in [6.45, 7) is 2.63. The van der Waals surface area contributed by atoms with Gasteiger partial charge < -0.3 is 10.2 Å². The fraction of sp³-hybridized carbons (Fsp3) is 1.00. The number of piperidine rings is 1. The molecule has 0 aromatic heterocycles. The molecule has 17 heavy (non-hydrogen) atoms. The number of hydrogen-bond donors (Lipinski definition) is 1. The van der Waals surface area contributed by atoms with Gasteiger partial charge in [-0.25, -0.2) is 0 Å². The van der Waals surface area contributed by atoms with Gasteiger partial charge in [0, 0.05) is 12.1 Å². The maximum Gasteiger partial charge on any atom is 0.0124 e. The Hall–Kier alpha value is -0.0800. The number of hydrogen-bond acceptors (Lipinski definition) is 2. The van der Waals surface area contributed by atoms with E-state index in [0.29, 0.717) is 0 Å². The minimum Gasteiger partial charge on any atom is -0.314 e. The highest BCUT2D eigenvalue weighted by atomic mass is 15.1. The summed E-state index contributed by atoms with van der Waals surface area (Å²) in [6, 6.07) is 1.78. The lowest BCUT2D eigenvalue weighted by Gasteiger charge is -2.45. The lowest BCUT2D eigenvalue weighted by atomic mass is 9.74.